The van der Waals surface area contributed by atoms with Gasteiger partial charge in [-0.25, -0.2) is 9.78 Å². The van der Waals surface area contributed by atoms with Crippen LogP contribution in [0.1, 0.15) is 52.7 Å². The Hall–Kier alpha value is -3.48. The van der Waals surface area contributed by atoms with Crippen molar-refractivity contribution in [3.05, 3.63) is 18.2 Å². The Labute approximate surface area is 204 Å². The van der Waals surface area contributed by atoms with Crippen LogP contribution in [-0.4, -0.2) is 68.8 Å². The Bertz CT molecular complexity index is 874. The molecule has 13 heteroatoms. The van der Waals surface area contributed by atoms with E-state index in [9.17, 15) is 29.1 Å². The minimum absolute atomic E-state index is 0.0631. The summed E-state index contributed by atoms with van der Waals surface area (Å²) < 4.78 is 0. The molecule has 0 fully saturated rings. The second-order valence-electron chi connectivity index (χ2n) is 8.89. The van der Waals surface area contributed by atoms with Gasteiger partial charge in [0.15, 0.2) is 0 Å². The third-order valence-corrected chi connectivity index (χ3v) is 5.72. The third-order valence-electron chi connectivity index (χ3n) is 5.72. The summed E-state index contributed by atoms with van der Waals surface area (Å²) in [5.74, 6) is -4.47. The topological polar surface area (TPSA) is 222 Å². The zero-order chi connectivity index (χ0) is 26.7. The number of amides is 4. The number of carboxylic acid groups (broad SMARTS) is 1. The van der Waals surface area contributed by atoms with Crippen molar-refractivity contribution in [3.63, 3.8) is 0 Å². The monoisotopic (exact) mass is 495 g/mol. The Kier molecular flexibility index (Phi) is 11.9. The molecule has 5 atom stereocenters. The Balaban J connectivity index is 3.07. The van der Waals surface area contributed by atoms with Crippen LogP contribution >= 0.6 is 0 Å². The molecular weight excluding hydrogens is 458 g/mol. The molecule has 1 aromatic heterocycles. The Morgan fingerprint density at radius 1 is 1.03 bits per heavy atom. The van der Waals surface area contributed by atoms with Crippen molar-refractivity contribution in [2.75, 3.05) is 0 Å². The van der Waals surface area contributed by atoms with Crippen molar-refractivity contribution in [2.24, 2.45) is 23.3 Å². The van der Waals surface area contributed by atoms with E-state index >= 15 is 0 Å². The number of nitrogens with two attached hydrogens (primary N) is 2. The van der Waals surface area contributed by atoms with Crippen molar-refractivity contribution in [2.45, 2.75) is 77.5 Å². The molecule has 13 nitrogen and oxygen atoms in total. The number of carbonyl (C=O) groups excluding carboxylic acids is 4. The molecular formula is C22H37N7O6. The normalized spacial score (nSPS) is 15.4. The first-order valence-corrected chi connectivity index (χ1v) is 11.5. The van der Waals surface area contributed by atoms with Gasteiger partial charge in [0.05, 0.1) is 12.4 Å². The van der Waals surface area contributed by atoms with Gasteiger partial charge in [-0.15, -0.1) is 0 Å². The number of H-pyrrole nitrogens is 1. The van der Waals surface area contributed by atoms with E-state index in [0.29, 0.717) is 12.1 Å². The number of aromatic amines is 1. The van der Waals surface area contributed by atoms with Gasteiger partial charge in [0, 0.05) is 24.7 Å². The predicted octanol–water partition coefficient (Wildman–Crippen LogP) is -1.21. The summed E-state index contributed by atoms with van der Waals surface area (Å²) in [5, 5.41) is 17.0. The summed E-state index contributed by atoms with van der Waals surface area (Å²) in [6.07, 6.45) is 3.07. The van der Waals surface area contributed by atoms with Crippen LogP contribution in [0.3, 0.4) is 0 Å². The summed E-state index contributed by atoms with van der Waals surface area (Å²) in [4.78, 5) is 68.1. The fourth-order valence-corrected chi connectivity index (χ4v) is 3.16. The number of nitrogens with zero attached hydrogens (tertiary/aromatic N) is 1. The van der Waals surface area contributed by atoms with E-state index in [1.165, 1.54) is 12.5 Å². The second kappa shape index (κ2) is 14.0. The van der Waals surface area contributed by atoms with Crippen molar-refractivity contribution < 1.29 is 29.1 Å². The van der Waals surface area contributed by atoms with Gasteiger partial charge in [0.2, 0.25) is 23.6 Å². The highest BCUT2D eigenvalue weighted by Gasteiger charge is 2.33. The maximum Gasteiger partial charge on any atom is 0.326 e. The molecule has 0 saturated heterocycles. The molecule has 35 heavy (non-hydrogen) atoms. The van der Waals surface area contributed by atoms with Gasteiger partial charge < -0.3 is 37.5 Å². The van der Waals surface area contributed by atoms with Crippen LogP contribution in [0.5, 0.6) is 0 Å². The number of hydrogen-bond donors (Lipinski definition) is 7. The van der Waals surface area contributed by atoms with Crippen LogP contribution in [-0.2, 0) is 30.4 Å². The standard InChI is InChI=1S/C22H37N7O6/c1-5-12(4)18(21(33)27-14(22(34)35)6-7-16(23)30)29-19(31)15(8-13-9-25-10-26-13)28-20(32)17(24)11(2)3/h9-12,14-15,17-18H,5-8,24H2,1-4H3,(H2,23,30)(H,25,26)(H,27,33)(H,28,32)(H,29,31)(H,34,35). The highest BCUT2D eigenvalue weighted by atomic mass is 16.4. The van der Waals surface area contributed by atoms with E-state index in [1.54, 1.807) is 20.8 Å². The smallest absolute Gasteiger partial charge is 0.326 e. The van der Waals surface area contributed by atoms with E-state index in [2.05, 4.69) is 25.9 Å². The fraction of sp³-hybridized carbons (Fsp3) is 0.636. The Morgan fingerprint density at radius 2 is 1.66 bits per heavy atom. The summed E-state index contributed by atoms with van der Waals surface area (Å²) in [6.45, 7) is 7.08. The number of primary amides is 1. The van der Waals surface area contributed by atoms with Gasteiger partial charge in [-0.05, 0) is 18.3 Å². The molecule has 1 aromatic rings. The number of rotatable bonds is 15. The molecule has 1 heterocycles. The molecule has 0 aliphatic heterocycles. The number of aliphatic carboxylic acids is 1. The third kappa shape index (κ3) is 9.73. The van der Waals surface area contributed by atoms with Crippen molar-refractivity contribution >= 4 is 29.6 Å². The molecule has 0 aliphatic carbocycles. The largest absolute Gasteiger partial charge is 0.480 e. The maximum absolute atomic E-state index is 13.2. The van der Waals surface area contributed by atoms with Crippen molar-refractivity contribution in [1.82, 2.24) is 25.9 Å². The fourth-order valence-electron chi connectivity index (χ4n) is 3.16. The molecule has 5 unspecified atom stereocenters. The van der Waals surface area contributed by atoms with Gasteiger partial charge >= 0.3 is 5.97 Å². The average Bonchev–Trinajstić information content (AvgIpc) is 3.30. The van der Waals surface area contributed by atoms with Gasteiger partial charge in [-0.1, -0.05) is 34.1 Å². The van der Waals surface area contributed by atoms with Gasteiger partial charge in [0.25, 0.3) is 0 Å². The summed E-state index contributed by atoms with van der Waals surface area (Å²) in [7, 11) is 0. The quantitative estimate of drug-likeness (QED) is 0.156. The van der Waals surface area contributed by atoms with Gasteiger partial charge in [-0.3, -0.25) is 19.2 Å². The van der Waals surface area contributed by atoms with Crippen LogP contribution < -0.4 is 27.4 Å². The zero-order valence-corrected chi connectivity index (χ0v) is 20.5. The SMILES string of the molecule is CCC(C)C(NC(=O)C(Cc1cnc[nH]1)NC(=O)C(N)C(C)C)C(=O)NC(CCC(N)=O)C(=O)O. The summed E-state index contributed by atoms with van der Waals surface area (Å²) >= 11 is 0. The molecule has 0 spiro atoms. The van der Waals surface area contributed by atoms with Crippen LogP contribution in [0.2, 0.25) is 0 Å². The van der Waals surface area contributed by atoms with Gasteiger partial charge in [-0.2, -0.15) is 0 Å². The predicted molar refractivity (Wildman–Crippen MR) is 126 cm³/mol. The Morgan fingerprint density at radius 3 is 2.14 bits per heavy atom. The maximum atomic E-state index is 13.2. The minimum Gasteiger partial charge on any atom is -0.480 e. The molecule has 0 aliphatic rings. The van der Waals surface area contributed by atoms with Crippen molar-refractivity contribution in [1.29, 1.82) is 0 Å². The number of hydrogen-bond acceptors (Lipinski definition) is 7. The molecule has 0 bridgehead atoms. The minimum atomic E-state index is -1.36. The number of imidazole rings is 1. The first-order valence-electron chi connectivity index (χ1n) is 11.5. The molecule has 9 N–H and O–H groups in total. The van der Waals surface area contributed by atoms with Gasteiger partial charge in [0.1, 0.15) is 18.1 Å². The number of carboxylic acids is 1. The first-order chi connectivity index (χ1) is 16.4. The lowest BCUT2D eigenvalue weighted by molar-refractivity contribution is -0.143. The van der Waals surface area contributed by atoms with Crippen LogP contribution in [0, 0.1) is 11.8 Å². The number of aromatic nitrogens is 2. The molecule has 1 rings (SSSR count). The summed E-state index contributed by atoms with van der Waals surface area (Å²) in [6, 6.07) is -4.37. The molecule has 0 radical (unpaired) electrons. The average molecular weight is 496 g/mol. The highest BCUT2D eigenvalue weighted by molar-refractivity contribution is 5.94. The lowest BCUT2D eigenvalue weighted by atomic mass is 9.96. The zero-order valence-electron chi connectivity index (χ0n) is 20.5. The molecule has 196 valence electrons. The lowest BCUT2D eigenvalue weighted by Gasteiger charge is -2.28. The van der Waals surface area contributed by atoms with E-state index in [1.807, 2.05) is 6.92 Å². The number of nitrogens with one attached hydrogen (secondary N) is 4. The molecule has 0 saturated carbocycles. The second-order valence-corrected chi connectivity index (χ2v) is 8.89. The van der Waals surface area contributed by atoms with E-state index in [0.717, 1.165) is 0 Å². The van der Waals surface area contributed by atoms with E-state index < -0.39 is 53.8 Å². The lowest BCUT2D eigenvalue weighted by Crippen LogP contribution is -2.59. The van der Waals surface area contributed by atoms with Crippen LogP contribution in [0.25, 0.3) is 0 Å². The van der Waals surface area contributed by atoms with Crippen LogP contribution in [0.15, 0.2) is 12.5 Å². The van der Waals surface area contributed by atoms with E-state index in [-0.39, 0.29) is 31.1 Å². The first kappa shape index (κ1) is 29.6. The van der Waals surface area contributed by atoms with E-state index in [4.69, 9.17) is 11.5 Å². The summed E-state index contributed by atoms with van der Waals surface area (Å²) in [5.41, 5.74) is 11.6. The molecule has 4 amide bonds. The highest BCUT2D eigenvalue weighted by Crippen LogP contribution is 2.11. The molecule has 0 aromatic carbocycles. The number of carbonyl (C=O) groups is 5. The van der Waals surface area contributed by atoms with Crippen molar-refractivity contribution in [3.8, 4) is 0 Å². The van der Waals surface area contributed by atoms with Crippen LogP contribution in [0.4, 0.5) is 0 Å².